The van der Waals surface area contributed by atoms with E-state index in [4.69, 9.17) is 21.7 Å². The standard InChI is InChI=1S/C25H29N3O4S/c1-5-28-16(3)22(24(30)32-6-2)23(27-25(28)33)18-9-11-19(12-10-18)26-21(29)15-17-7-13-20(31-4)14-8-17/h7-14,23H,5-6,15H2,1-4H3,(H,26,29)(H,27,33). The summed E-state index contributed by atoms with van der Waals surface area (Å²) in [5, 5.41) is 6.73. The van der Waals surface area contributed by atoms with Crippen LogP contribution in [0.3, 0.4) is 0 Å². The number of thiocarbonyl (C=S) groups is 1. The van der Waals surface area contributed by atoms with Crippen LogP contribution in [0.5, 0.6) is 5.75 Å². The third kappa shape index (κ3) is 5.70. The first kappa shape index (κ1) is 24.3. The first-order chi connectivity index (χ1) is 15.9. The van der Waals surface area contributed by atoms with Gasteiger partial charge >= 0.3 is 5.97 Å². The Labute approximate surface area is 199 Å². The molecule has 0 bridgehead atoms. The summed E-state index contributed by atoms with van der Waals surface area (Å²) in [5.74, 6) is 0.260. The monoisotopic (exact) mass is 467 g/mol. The second kappa shape index (κ2) is 11.0. The van der Waals surface area contributed by atoms with E-state index in [1.807, 2.05) is 67.3 Å². The van der Waals surface area contributed by atoms with Gasteiger partial charge in [0.05, 0.1) is 31.8 Å². The minimum Gasteiger partial charge on any atom is -0.497 e. The van der Waals surface area contributed by atoms with Crippen molar-refractivity contribution in [3.8, 4) is 5.75 Å². The number of methoxy groups -OCH3 is 1. The number of amides is 1. The predicted octanol–water partition coefficient (Wildman–Crippen LogP) is 3.96. The number of nitrogens with one attached hydrogen (secondary N) is 2. The number of esters is 1. The molecule has 2 aromatic carbocycles. The number of hydrogen-bond acceptors (Lipinski definition) is 5. The van der Waals surface area contributed by atoms with Gasteiger partial charge in [-0.3, -0.25) is 4.79 Å². The van der Waals surface area contributed by atoms with Gasteiger partial charge in [0.2, 0.25) is 5.91 Å². The molecule has 174 valence electrons. The van der Waals surface area contributed by atoms with Crippen LogP contribution in [0.15, 0.2) is 59.8 Å². The average Bonchev–Trinajstić information content (AvgIpc) is 2.80. The Hall–Kier alpha value is -3.39. The smallest absolute Gasteiger partial charge is 0.338 e. The molecule has 2 aromatic rings. The van der Waals surface area contributed by atoms with Crippen molar-refractivity contribution in [1.29, 1.82) is 0 Å². The van der Waals surface area contributed by atoms with Crippen LogP contribution < -0.4 is 15.4 Å². The molecule has 2 N–H and O–H groups in total. The van der Waals surface area contributed by atoms with Crippen LogP contribution in [0.25, 0.3) is 0 Å². The highest BCUT2D eigenvalue weighted by Crippen LogP contribution is 2.32. The lowest BCUT2D eigenvalue weighted by Gasteiger charge is -2.37. The van der Waals surface area contributed by atoms with Gasteiger partial charge in [-0.25, -0.2) is 4.79 Å². The van der Waals surface area contributed by atoms with Gasteiger partial charge in [0.15, 0.2) is 5.11 Å². The lowest BCUT2D eigenvalue weighted by Crippen LogP contribution is -2.47. The molecule has 1 heterocycles. The molecule has 1 unspecified atom stereocenters. The van der Waals surface area contributed by atoms with Gasteiger partial charge in [-0.2, -0.15) is 0 Å². The van der Waals surface area contributed by atoms with Crippen molar-refractivity contribution in [2.24, 2.45) is 0 Å². The maximum absolute atomic E-state index is 12.7. The highest BCUT2D eigenvalue weighted by molar-refractivity contribution is 7.80. The van der Waals surface area contributed by atoms with Crippen LogP contribution in [0.4, 0.5) is 5.69 Å². The van der Waals surface area contributed by atoms with E-state index in [1.165, 1.54) is 0 Å². The number of carbonyl (C=O) groups is 2. The number of rotatable bonds is 8. The van der Waals surface area contributed by atoms with E-state index < -0.39 is 6.04 Å². The fourth-order valence-corrected chi connectivity index (χ4v) is 4.16. The molecule has 1 amide bonds. The number of allylic oxidation sites excluding steroid dienone is 1. The normalized spacial score (nSPS) is 15.7. The van der Waals surface area contributed by atoms with Gasteiger partial charge in [0.1, 0.15) is 5.75 Å². The van der Waals surface area contributed by atoms with Crippen molar-refractivity contribution in [1.82, 2.24) is 10.2 Å². The lowest BCUT2D eigenvalue weighted by atomic mass is 9.95. The molecule has 1 aliphatic heterocycles. The molecule has 33 heavy (non-hydrogen) atoms. The fraction of sp³-hybridized carbons (Fsp3) is 0.320. The van der Waals surface area contributed by atoms with Gasteiger partial charge in [-0.15, -0.1) is 0 Å². The number of ether oxygens (including phenoxy) is 2. The van der Waals surface area contributed by atoms with Crippen LogP contribution >= 0.6 is 12.2 Å². The quantitative estimate of drug-likeness (QED) is 0.449. The third-order valence-electron chi connectivity index (χ3n) is 5.46. The van der Waals surface area contributed by atoms with Crippen molar-refractivity contribution in [2.75, 3.05) is 25.6 Å². The second-order valence-corrected chi connectivity index (χ2v) is 7.93. The summed E-state index contributed by atoms with van der Waals surface area (Å²) in [6.07, 6.45) is 0.256. The Bertz CT molecular complexity index is 1050. The second-order valence-electron chi connectivity index (χ2n) is 7.54. The highest BCUT2D eigenvalue weighted by Gasteiger charge is 2.34. The Morgan fingerprint density at radius 1 is 1.09 bits per heavy atom. The molecule has 0 fully saturated rings. The van der Waals surface area contributed by atoms with Gasteiger partial charge < -0.3 is 25.0 Å². The number of nitrogens with zero attached hydrogens (tertiary/aromatic N) is 1. The summed E-state index contributed by atoms with van der Waals surface area (Å²) in [5.41, 5.74) is 3.73. The number of hydrogen-bond donors (Lipinski definition) is 2. The van der Waals surface area contributed by atoms with Gasteiger partial charge in [-0.05, 0) is 68.4 Å². The first-order valence-corrected chi connectivity index (χ1v) is 11.3. The molecule has 8 heteroatoms. The van der Waals surface area contributed by atoms with E-state index in [1.54, 1.807) is 14.0 Å². The highest BCUT2D eigenvalue weighted by atomic mass is 32.1. The Balaban J connectivity index is 1.75. The zero-order valence-corrected chi connectivity index (χ0v) is 20.1. The van der Waals surface area contributed by atoms with Crippen LogP contribution in [0.2, 0.25) is 0 Å². The minimum atomic E-state index is -0.427. The summed E-state index contributed by atoms with van der Waals surface area (Å²) in [6.45, 7) is 6.57. The first-order valence-electron chi connectivity index (χ1n) is 10.9. The van der Waals surface area contributed by atoms with Crippen molar-refractivity contribution in [2.45, 2.75) is 33.2 Å². The van der Waals surface area contributed by atoms with E-state index in [2.05, 4.69) is 10.6 Å². The Morgan fingerprint density at radius 2 is 1.76 bits per heavy atom. The van der Waals surface area contributed by atoms with E-state index in [-0.39, 0.29) is 24.9 Å². The molecule has 0 saturated carbocycles. The number of benzene rings is 2. The van der Waals surface area contributed by atoms with Crippen molar-refractivity contribution in [3.63, 3.8) is 0 Å². The molecule has 0 radical (unpaired) electrons. The molecule has 1 atom stereocenters. The maximum Gasteiger partial charge on any atom is 0.338 e. The summed E-state index contributed by atoms with van der Waals surface area (Å²) in [4.78, 5) is 27.1. The lowest BCUT2D eigenvalue weighted by molar-refractivity contribution is -0.139. The number of anilines is 1. The van der Waals surface area contributed by atoms with Crippen LogP contribution in [-0.2, 0) is 20.7 Å². The fourth-order valence-electron chi connectivity index (χ4n) is 3.78. The number of carbonyl (C=O) groups excluding carboxylic acids is 2. The predicted molar refractivity (Wildman–Crippen MR) is 132 cm³/mol. The molecule has 1 aliphatic rings. The summed E-state index contributed by atoms with van der Waals surface area (Å²) in [7, 11) is 1.61. The van der Waals surface area contributed by atoms with E-state index in [0.717, 1.165) is 22.6 Å². The summed E-state index contributed by atoms with van der Waals surface area (Å²) < 4.78 is 10.5. The zero-order chi connectivity index (χ0) is 24.0. The molecular formula is C25H29N3O4S. The molecule has 0 aliphatic carbocycles. The van der Waals surface area contributed by atoms with E-state index in [9.17, 15) is 9.59 Å². The minimum absolute atomic E-state index is 0.119. The van der Waals surface area contributed by atoms with Crippen molar-refractivity contribution < 1.29 is 19.1 Å². The Kier molecular flexibility index (Phi) is 8.06. The SMILES string of the molecule is CCOC(=O)C1=C(C)N(CC)C(=S)NC1c1ccc(NC(=O)Cc2ccc(OC)cc2)cc1. The molecular weight excluding hydrogens is 438 g/mol. The summed E-state index contributed by atoms with van der Waals surface area (Å²) >= 11 is 5.51. The Morgan fingerprint density at radius 3 is 2.33 bits per heavy atom. The van der Waals surface area contributed by atoms with Crippen LogP contribution in [-0.4, -0.2) is 42.2 Å². The summed E-state index contributed by atoms with van der Waals surface area (Å²) in [6, 6.07) is 14.3. The van der Waals surface area contributed by atoms with Crippen molar-refractivity contribution in [3.05, 3.63) is 70.9 Å². The largest absolute Gasteiger partial charge is 0.497 e. The molecule has 0 aromatic heterocycles. The maximum atomic E-state index is 12.7. The van der Waals surface area contributed by atoms with Gasteiger partial charge in [0.25, 0.3) is 0 Å². The molecule has 0 spiro atoms. The molecule has 0 saturated heterocycles. The van der Waals surface area contributed by atoms with Crippen molar-refractivity contribution >= 4 is 34.9 Å². The average molecular weight is 468 g/mol. The topological polar surface area (TPSA) is 79.9 Å². The zero-order valence-electron chi connectivity index (χ0n) is 19.3. The van der Waals surface area contributed by atoms with Crippen LogP contribution in [0, 0.1) is 0 Å². The van der Waals surface area contributed by atoms with Gasteiger partial charge in [0, 0.05) is 17.9 Å². The molecule has 3 rings (SSSR count). The van der Waals surface area contributed by atoms with Crippen LogP contribution in [0.1, 0.15) is 37.9 Å². The molecule has 7 nitrogen and oxygen atoms in total. The van der Waals surface area contributed by atoms with E-state index in [0.29, 0.717) is 22.9 Å². The van der Waals surface area contributed by atoms with Gasteiger partial charge in [-0.1, -0.05) is 24.3 Å². The van der Waals surface area contributed by atoms with E-state index >= 15 is 0 Å². The third-order valence-corrected chi connectivity index (χ3v) is 5.80.